The van der Waals surface area contributed by atoms with Gasteiger partial charge in [-0.3, -0.25) is 4.79 Å². The van der Waals surface area contributed by atoms with Crippen molar-refractivity contribution in [3.63, 3.8) is 0 Å². The Kier molecular flexibility index (Phi) is 4.42. The van der Waals surface area contributed by atoms with Gasteiger partial charge in [0.2, 0.25) is 0 Å². The quantitative estimate of drug-likeness (QED) is 0.769. The van der Waals surface area contributed by atoms with Gasteiger partial charge in [-0.25, -0.2) is 8.78 Å². The van der Waals surface area contributed by atoms with Crippen LogP contribution in [0.25, 0.3) is 0 Å². The Morgan fingerprint density at radius 1 is 1.33 bits per heavy atom. The molecule has 0 saturated carbocycles. The summed E-state index contributed by atoms with van der Waals surface area (Å²) in [6.45, 7) is 0.729. The zero-order valence-corrected chi connectivity index (χ0v) is 10.1. The van der Waals surface area contributed by atoms with Crippen molar-refractivity contribution < 1.29 is 18.3 Å². The van der Waals surface area contributed by atoms with Crippen LogP contribution in [0.15, 0.2) is 18.2 Å². The van der Waals surface area contributed by atoms with Gasteiger partial charge in [0, 0.05) is 13.0 Å². The molecule has 1 aromatic rings. The average molecular weight is 254 g/mol. The first-order valence-electron chi connectivity index (χ1n) is 6.27. The highest BCUT2D eigenvalue weighted by molar-refractivity contribution is 5.96. The van der Waals surface area contributed by atoms with Crippen LogP contribution in [0.1, 0.15) is 42.5 Å². The van der Waals surface area contributed by atoms with E-state index in [9.17, 15) is 13.6 Å². The number of carbonyl (C=O) groups is 1. The summed E-state index contributed by atoms with van der Waals surface area (Å²) >= 11 is 0. The standard InChI is InChI=1S/C14H16F2O2/c15-12-6-3-5-11(14(12)16)13(17)8-7-10-4-1-2-9-18-10/h3,5-6,10H,1-2,4,7-9H2. The second kappa shape index (κ2) is 6.05. The molecule has 1 unspecified atom stereocenters. The lowest BCUT2D eigenvalue weighted by molar-refractivity contribution is 0.0104. The Morgan fingerprint density at radius 3 is 2.89 bits per heavy atom. The minimum Gasteiger partial charge on any atom is -0.378 e. The Morgan fingerprint density at radius 2 is 2.17 bits per heavy atom. The molecule has 1 atom stereocenters. The number of hydrogen-bond donors (Lipinski definition) is 0. The lowest BCUT2D eigenvalue weighted by Crippen LogP contribution is -2.20. The monoisotopic (exact) mass is 254 g/mol. The summed E-state index contributed by atoms with van der Waals surface area (Å²) in [5.74, 6) is -2.39. The van der Waals surface area contributed by atoms with Crippen LogP contribution in [-0.4, -0.2) is 18.5 Å². The van der Waals surface area contributed by atoms with Crippen molar-refractivity contribution in [2.24, 2.45) is 0 Å². The van der Waals surface area contributed by atoms with Crippen molar-refractivity contribution in [3.05, 3.63) is 35.4 Å². The van der Waals surface area contributed by atoms with Crippen molar-refractivity contribution in [1.82, 2.24) is 0 Å². The minimum atomic E-state index is -1.05. The first-order valence-corrected chi connectivity index (χ1v) is 6.27. The fourth-order valence-electron chi connectivity index (χ4n) is 2.18. The van der Waals surface area contributed by atoms with Gasteiger partial charge < -0.3 is 4.74 Å². The molecule has 0 aromatic heterocycles. The molecule has 0 aliphatic carbocycles. The normalized spacial score (nSPS) is 19.8. The number of ether oxygens (including phenoxy) is 1. The van der Waals surface area contributed by atoms with E-state index in [-0.39, 0.29) is 23.9 Å². The largest absolute Gasteiger partial charge is 0.378 e. The molecule has 0 spiro atoms. The number of carbonyl (C=O) groups excluding carboxylic acids is 1. The first kappa shape index (κ1) is 13.1. The summed E-state index contributed by atoms with van der Waals surface area (Å²) in [5.41, 5.74) is -0.161. The summed E-state index contributed by atoms with van der Waals surface area (Å²) in [6.07, 6.45) is 3.97. The summed E-state index contributed by atoms with van der Waals surface area (Å²) in [4.78, 5) is 11.8. The number of benzene rings is 1. The number of Topliss-reactive ketones (excluding diaryl/α,β-unsaturated/α-hetero) is 1. The molecular weight excluding hydrogens is 238 g/mol. The number of ketones is 1. The van der Waals surface area contributed by atoms with E-state index < -0.39 is 11.6 Å². The number of halogens is 2. The zero-order valence-electron chi connectivity index (χ0n) is 10.1. The average Bonchev–Trinajstić information content (AvgIpc) is 2.40. The highest BCUT2D eigenvalue weighted by Gasteiger charge is 2.18. The zero-order chi connectivity index (χ0) is 13.0. The third-order valence-corrected chi connectivity index (χ3v) is 3.22. The third-order valence-electron chi connectivity index (χ3n) is 3.22. The highest BCUT2D eigenvalue weighted by Crippen LogP contribution is 2.19. The SMILES string of the molecule is O=C(CCC1CCCCO1)c1cccc(F)c1F. The maximum Gasteiger partial charge on any atom is 0.169 e. The van der Waals surface area contributed by atoms with Crippen LogP contribution < -0.4 is 0 Å². The Labute approximate surface area is 105 Å². The topological polar surface area (TPSA) is 26.3 Å². The van der Waals surface area contributed by atoms with Crippen molar-refractivity contribution in [2.75, 3.05) is 6.61 Å². The van der Waals surface area contributed by atoms with Gasteiger partial charge in [0.05, 0.1) is 11.7 Å². The Bertz CT molecular complexity index is 426. The molecule has 1 fully saturated rings. The van der Waals surface area contributed by atoms with Crippen molar-refractivity contribution in [3.8, 4) is 0 Å². The highest BCUT2D eigenvalue weighted by atomic mass is 19.2. The summed E-state index contributed by atoms with van der Waals surface area (Å²) in [5, 5.41) is 0. The fraction of sp³-hybridized carbons (Fsp3) is 0.500. The van der Waals surface area contributed by atoms with E-state index in [0.29, 0.717) is 6.42 Å². The van der Waals surface area contributed by atoms with Crippen LogP contribution in [0.4, 0.5) is 8.78 Å². The lowest BCUT2D eigenvalue weighted by Gasteiger charge is -2.22. The maximum absolute atomic E-state index is 13.4. The van der Waals surface area contributed by atoms with Gasteiger partial charge in [0.15, 0.2) is 17.4 Å². The van der Waals surface area contributed by atoms with E-state index in [1.165, 1.54) is 12.1 Å². The van der Waals surface area contributed by atoms with Gasteiger partial charge in [-0.1, -0.05) is 6.07 Å². The van der Waals surface area contributed by atoms with E-state index >= 15 is 0 Å². The predicted octanol–water partition coefficient (Wildman–Crippen LogP) is 3.50. The van der Waals surface area contributed by atoms with Gasteiger partial charge in [0.1, 0.15) is 0 Å². The van der Waals surface area contributed by atoms with Crippen LogP contribution in [0.3, 0.4) is 0 Å². The molecule has 0 radical (unpaired) electrons. The van der Waals surface area contributed by atoms with E-state index in [4.69, 9.17) is 4.74 Å². The summed E-state index contributed by atoms with van der Waals surface area (Å²) < 4.78 is 31.9. The molecule has 1 heterocycles. The van der Waals surface area contributed by atoms with Crippen molar-refractivity contribution in [1.29, 1.82) is 0 Å². The van der Waals surface area contributed by atoms with Crippen molar-refractivity contribution >= 4 is 5.78 Å². The molecule has 18 heavy (non-hydrogen) atoms. The molecule has 2 rings (SSSR count). The van der Waals surface area contributed by atoms with E-state index in [0.717, 1.165) is 31.9 Å². The molecule has 1 aromatic carbocycles. The molecule has 1 aliphatic heterocycles. The lowest BCUT2D eigenvalue weighted by atomic mass is 10.00. The fourth-order valence-corrected chi connectivity index (χ4v) is 2.18. The number of rotatable bonds is 4. The molecule has 0 N–H and O–H groups in total. The van der Waals surface area contributed by atoms with E-state index in [2.05, 4.69) is 0 Å². The van der Waals surface area contributed by atoms with Crippen LogP contribution >= 0.6 is 0 Å². The first-order chi connectivity index (χ1) is 8.68. The van der Waals surface area contributed by atoms with Gasteiger partial charge in [-0.05, 0) is 37.8 Å². The van der Waals surface area contributed by atoms with E-state index in [1.54, 1.807) is 0 Å². The van der Waals surface area contributed by atoms with E-state index in [1.807, 2.05) is 0 Å². The molecular formula is C14H16F2O2. The van der Waals surface area contributed by atoms with Gasteiger partial charge in [-0.15, -0.1) is 0 Å². The smallest absolute Gasteiger partial charge is 0.169 e. The molecule has 4 heteroatoms. The Hall–Kier alpha value is -1.29. The second-order valence-corrected chi connectivity index (χ2v) is 4.55. The Balaban J connectivity index is 1.93. The predicted molar refractivity (Wildman–Crippen MR) is 63.5 cm³/mol. The molecule has 1 aliphatic rings. The molecule has 0 bridgehead atoms. The van der Waals surface area contributed by atoms with Gasteiger partial charge in [-0.2, -0.15) is 0 Å². The summed E-state index contributed by atoms with van der Waals surface area (Å²) in [6, 6.07) is 3.68. The molecule has 2 nitrogen and oxygen atoms in total. The number of hydrogen-bond acceptors (Lipinski definition) is 2. The van der Waals surface area contributed by atoms with Gasteiger partial charge >= 0.3 is 0 Å². The molecule has 0 amide bonds. The third kappa shape index (κ3) is 3.13. The van der Waals surface area contributed by atoms with Crippen molar-refractivity contribution in [2.45, 2.75) is 38.2 Å². The molecule has 1 saturated heterocycles. The second-order valence-electron chi connectivity index (χ2n) is 4.55. The van der Waals surface area contributed by atoms with Crippen LogP contribution in [0.5, 0.6) is 0 Å². The van der Waals surface area contributed by atoms with Crippen LogP contribution in [-0.2, 0) is 4.74 Å². The minimum absolute atomic E-state index is 0.0827. The van der Waals surface area contributed by atoms with Crippen LogP contribution in [0, 0.1) is 11.6 Å². The molecule has 98 valence electrons. The van der Waals surface area contributed by atoms with Gasteiger partial charge in [0.25, 0.3) is 0 Å². The van der Waals surface area contributed by atoms with Crippen LogP contribution in [0.2, 0.25) is 0 Å². The summed E-state index contributed by atoms with van der Waals surface area (Å²) in [7, 11) is 0. The maximum atomic E-state index is 13.4.